The highest BCUT2D eigenvalue weighted by atomic mass is 15.1. The summed E-state index contributed by atoms with van der Waals surface area (Å²) in [5.41, 5.74) is 4.89. The van der Waals surface area contributed by atoms with Crippen molar-refractivity contribution in [2.45, 2.75) is 0 Å². The van der Waals surface area contributed by atoms with Crippen LogP contribution in [-0.2, 0) is 0 Å². The second-order valence-corrected chi connectivity index (χ2v) is 5.88. The fraction of sp³-hybridized carbons (Fsp3) is 0.0909. The average Bonchev–Trinajstić information content (AvgIpc) is 2.58. The summed E-state index contributed by atoms with van der Waals surface area (Å²) in [7, 11) is 4.12. The van der Waals surface area contributed by atoms with Crippen molar-refractivity contribution in [3.05, 3.63) is 100 Å². The number of benzene rings is 3. The molecule has 0 unspecified atom stereocenters. The standard InChI is InChI=1S/C22H21N/c1-17-9-11-19(12-10-17)22(18-7-5-4-6-8-18)20-13-15-21(16-14-20)23(2)3/h4-16H,1H2,2-3H3. The molecule has 23 heavy (non-hydrogen) atoms. The lowest BCUT2D eigenvalue weighted by Crippen LogP contribution is -2.12. The second-order valence-electron chi connectivity index (χ2n) is 5.88. The molecule has 1 nitrogen and oxygen atoms in total. The van der Waals surface area contributed by atoms with Crippen molar-refractivity contribution in [2.75, 3.05) is 19.0 Å². The fourth-order valence-electron chi connectivity index (χ4n) is 2.70. The first-order valence-corrected chi connectivity index (χ1v) is 7.78. The third kappa shape index (κ3) is 3.35. The Morgan fingerprint density at radius 1 is 0.696 bits per heavy atom. The summed E-state index contributed by atoms with van der Waals surface area (Å²) >= 11 is 0. The SMILES string of the molecule is C=c1ccc(=C(c2ccccc2)c2ccc(N(C)C)cc2)cc1. The van der Waals surface area contributed by atoms with Gasteiger partial charge in [0, 0.05) is 19.8 Å². The van der Waals surface area contributed by atoms with Gasteiger partial charge in [0.05, 0.1) is 0 Å². The van der Waals surface area contributed by atoms with Gasteiger partial charge < -0.3 is 4.90 Å². The highest BCUT2D eigenvalue weighted by Gasteiger charge is 2.06. The van der Waals surface area contributed by atoms with Crippen LogP contribution < -0.4 is 15.3 Å². The number of hydrogen-bond donors (Lipinski definition) is 0. The third-order valence-corrected chi connectivity index (χ3v) is 3.98. The molecule has 0 aromatic heterocycles. The van der Waals surface area contributed by atoms with Crippen LogP contribution >= 0.6 is 0 Å². The van der Waals surface area contributed by atoms with Crippen LogP contribution in [0, 0.1) is 0 Å². The molecular weight excluding hydrogens is 278 g/mol. The maximum Gasteiger partial charge on any atom is 0.0361 e. The lowest BCUT2D eigenvalue weighted by atomic mass is 9.95. The van der Waals surface area contributed by atoms with Crippen molar-refractivity contribution in [1.82, 2.24) is 0 Å². The molecule has 0 bridgehead atoms. The maximum absolute atomic E-state index is 3.98. The third-order valence-electron chi connectivity index (χ3n) is 3.98. The Morgan fingerprint density at radius 3 is 1.83 bits per heavy atom. The van der Waals surface area contributed by atoms with E-state index in [4.69, 9.17) is 0 Å². The minimum atomic E-state index is 1.03. The number of anilines is 1. The zero-order valence-corrected chi connectivity index (χ0v) is 13.7. The molecule has 0 aliphatic carbocycles. The van der Waals surface area contributed by atoms with Crippen molar-refractivity contribution >= 4 is 17.8 Å². The van der Waals surface area contributed by atoms with Gasteiger partial charge >= 0.3 is 0 Å². The van der Waals surface area contributed by atoms with Gasteiger partial charge in [-0.15, -0.1) is 0 Å². The molecule has 3 rings (SSSR count). The molecule has 0 aliphatic heterocycles. The van der Waals surface area contributed by atoms with E-state index in [9.17, 15) is 0 Å². The summed E-state index contributed by atoms with van der Waals surface area (Å²) in [6, 6.07) is 27.6. The van der Waals surface area contributed by atoms with Gasteiger partial charge in [0.2, 0.25) is 0 Å². The van der Waals surface area contributed by atoms with Crippen LogP contribution in [-0.4, -0.2) is 14.1 Å². The Hall–Kier alpha value is -2.80. The van der Waals surface area contributed by atoms with Gasteiger partial charge in [-0.05, 0) is 39.3 Å². The van der Waals surface area contributed by atoms with Crippen LogP contribution in [0.3, 0.4) is 0 Å². The van der Waals surface area contributed by atoms with Crippen molar-refractivity contribution < 1.29 is 0 Å². The maximum atomic E-state index is 3.98. The minimum Gasteiger partial charge on any atom is -0.378 e. The average molecular weight is 299 g/mol. The van der Waals surface area contributed by atoms with Crippen LogP contribution in [0.25, 0.3) is 12.2 Å². The molecule has 0 spiro atoms. The van der Waals surface area contributed by atoms with Crippen molar-refractivity contribution in [3.63, 3.8) is 0 Å². The molecule has 0 heterocycles. The Bertz CT molecular complexity index is 867. The first-order valence-electron chi connectivity index (χ1n) is 7.78. The Morgan fingerprint density at radius 2 is 1.26 bits per heavy atom. The fourth-order valence-corrected chi connectivity index (χ4v) is 2.70. The van der Waals surface area contributed by atoms with Gasteiger partial charge in [0.25, 0.3) is 0 Å². The topological polar surface area (TPSA) is 3.24 Å². The lowest BCUT2D eigenvalue weighted by molar-refractivity contribution is 1.13. The number of nitrogens with zero attached hydrogens (tertiary/aromatic N) is 1. The highest BCUT2D eigenvalue weighted by Crippen LogP contribution is 2.23. The van der Waals surface area contributed by atoms with Crippen LogP contribution in [0.15, 0.2) is 78.9 Å². The molecule has 0 N–H and O–H groups in total. The molecule has 0 atom stereocenters. The Kier molecular flexibility index (Phi) is 4.29. The molecule has 114 valence electrons. The predicted molar refractivity (Wildman–Crippen MR) is 100 cm³/mol. The molecule has 0 amide bonds. The number of hydrogen-bond acceptors (Lipinski definition) is 1. The Labute approximate surface area is 137 Å². The van der Waals surface area contributed by atoms with E-state index in [2.05, 4.69) is 104 Å². The smallest absolute Gasteiger partial charge is 0.0361 e. The molecular formula is C22H21N. The number of rotatable bonds is 3. The Balaban J connectivity index is 2.23. The van der Waals surface area contributed by atoms with Crippen LogP contribution in [0.5, 0.6) is 0 Å². The molecule has 0 saturated carbocycles. The zero-order chi connectivity index (χ0) is 16.2. The van der Waals surface area contributed by atoms with E-state index in [0.717, 1.165) is 5.22 Å². The van der Waals surface area contributed by atoms with Crippen LogP contribution in [0.4, 0.5) is 5.69 Å². The first kappa shape index (κ1) is 15.1. The van der Waals surface area contributed by atoms with E-state index in [1.165, 1.54) is 27.6 Å². The quantitative estimate of drug-likeness (QED) is 0.716. The van der Waals surface area contributed by atoms with Crippen molar-refractivity contribution in [2.24, 2.45) is 0 Å². The summed E-state index contributed by atoms with van der Waals surface area (Å²) in [6.45, 7) is 3.98. The van der Waals surface area contributed by atoms with Gasteiger partial charge in [-0.3, -0.25) is 0 Å². The van der Waals surface area contributed by atoms with E-state index in [0.29, 0.717) is 0 Å². The summed E-state index contributed by atoms with van der Waals surface area (Å²) in [6.07, 6.45) is 0. The first-order chi connectivity index (χ1) is 11.1. The predicted octanol–water partition coefficient (Wildman–Crippen LogP) is 3.41. The molecule has 3 aromatic rings. The molecule has 0 radical (unpaired) electrons. The largest absolute Gasteiger partial charge is 0.378 e. The normalized spacial score (nSPS) is 10.3. The minimum absolute atomic E-state index is 1.03. The van der Waals surface area contributed by atoms with Crippen LogP contribution in [0.1, 0.15) is 11.1 Å². The van der Waals surface area contributed by atoms with E-state index >= 15 is 0 Å². The van der Waals surface area contributed by atoms with E-state index in [1.54, 1.807) is 0 Å². The zero-order valence-electron chi connectivity index (χ0n) is 13.7. The summed E-state index contributed by atoms with van der Waals surface area (Å²) < 4.78 is 0. The van der Waals surface area contributed by atoms with Gasteiger partial charge in [0.1, 0.15) is 0 Å². The molecule has 1 heteroatoms. The van der Waals surface area contributed by atoms with Gasteiger partial charge in [0.15, 0.2) is 0 Å². The summed E-state index contributed by atoms with van der Waals surface area (Å²) in [5, 5.41) is 2.24. The van der Waals surface area contributed by atoms with E-state index < -0.39 is 0 Å². The molecule has 3 aromatic carbocycles. The van der Waals surface area contributed by atoms with Crippen LogP contribution in [0.2, 0.25) is 0 Å². The van der Waals surface area contributed by atoms with Gasteiger partial charge in [-0.2, -0.15) is 0 Å². The monoisotopic (exact) mass is 299 g/mol. The molecule has 0 saturated heterocycles. The van der Waals surface area contributed by atoms with Crippen molar-refractivity contribution in [1.29, 1.82) is 0 Å². The highest BCUT2D eigenvalue weighted by molar-refractivity contribution is 5.80. The lowest BCUT2D eigenvalue weighted by Gasteiger charge is -2.14. The second kappa shape index (κ2) is 6.53. The summed E-state index contributed by atoms with van der Waals surface area (Å²) in [4.78, 5) is 2.11. The van der Waals surface area contributed by atoms with Crippen molar-refractivity contribution in [3.8, 4) is 0 Å². The van der Waals surface area contributed by atoms with Gasteiger partial charge in [-0.25, -0.2) is 0 Å². The summed E-state index contributed by atoms with van der Waals surface area (Å²) in [5.74, 6) is 0. The van der Waals surface area contributed by atoms with E-state index in [-0.39, 0.29) is 0 Å². The van der Waals surface area contributed by atoms with E-state index in [1.807, 2.05) is 0 Å². The molecule has 0 fully saturated rings. The van der Waals surface area contributed by atoms with Gasteiger partial charge in [-0.1, -0.05) is 73.3 Å². The molecule has 0 aliphatic rings.